The van der Waals surface area contributed by atoms with Gasteiger partial charge in [0.05, 0.1) is 23.0 Å². The second-order valence-corrected chi connectivity index (χ2v) is 5.81. The standard InChI is InChI=1S/C14H18BrClN4/c1-3-7-20-13(9-18-19-20)14(17-4-2)10-5-6-12(16)11(15)8-10/h5-6,8-9,14,17H,3-4,7H2,1-2H3. The van der Waals surface area contributed by atoms with Crippen LogP contribution in [0.3, 0.4) is 0 Å². The van der Waals surface area contributed by atoms with Crippen LogP contribution in [0.4, 0.5) is 0 Å². The van der Waals surface area contributed by atoms with Crippen LogP contribution in [0.25, 0.3) is 0 Å². The van der Waals surface area contributed by atoms with E-state index < -0.39 is 0 Å². The van der Waals surface area contributed by atoms with Crippen LogP contribution in [0.2, 0.25) is 5.02 Å². The molecular weight excluding hydrogens is 340 g/mol. The van der Waals surface area contributed by atoms with Crippen molar-refractivity contribution in [1.82, 2.24) is 20.3 Å². The highest BCUT2D eigenvalue weighted by Crippen LogP contribution is 2.29. The number of benzene rings is 1. The molecule has 0 aliphatic heterocycles. The van der Waals surface area contributed by atoms with Gasteiger partial charge in [-0.1, -0.05) is 36.7 Å². The number of nitrogens with one attached hydrogen (secondary N) is 1. The summed E-state index contributed by atoms with van der Waals surface area (Å²) in [7, 11) is 0. The highest BCUT2D eigenvalue weighted by molar-refractivity contribution is 9.10. The lowest BCUT2D eigenvalue weighted by Crippen LogP contribution is -2.25. The summed E-state index contributed by atoms with van der Waals surface area (Å²) in [5, 5.41) is 12.4. The molecule has 0 amide bonds. The summed E-state index contributed by atoms with van der Waals surface area (Å²) in [4.78, 5) is 0. The van der Waals surface area contributed by atoms with E-state index >= 15 is 0 Å². The molecule has 1 atom stereocenters. The van der Waals surface area contributed by atoms with Gasteiger partial charge in [-0.25, -0.2) is 4.68 Å². The topological polar surface area (TPSA) is 42.7 Å². The van der Waals surface area contributed by atoms with E-state index in [1.54, 1.807) is 0 Å². The van der Waals surface area contributed by atoms with Crippen LogP contribution in [0.5, 0.6) is 0 Å². The summed E-state index contributed by atoms with van der Waals surface area (Å²) in [6, 6.07) is 6.04. The molecule has 1 heterocycles. The van der Waals surface area contributed by atoms with Crippen molar-refractivity contribution in [2.75, 3.05) is 6.54 Å². The van der Waals surface area contributed by atoms with Gasteiger partial charge in [-0.05, 0) is 46.6 Å². The van der Waals surface area contributed by atoms with Crippen molar-refractivity contribution in [3.05, 3.63) is 45.1 Å². The number of halogens is 2. The fraction of sp³-hybridized carbons (Fsp3) is 0.429. The average Bonchev–Trinajstić information content (AvgIpc) is 2.88. The third-order valence-corrected chi connectivity index (χ3v) is 4.28. The molecule has 1 N–H and O–H groups in total. The molecule has 0 radical (unpaired) electrons. The largest absolute Gasteiger partial charge is 0.305 e. The summed E-state index contributed by atoms with van der Waals surface area (Å²) in [6.45, 7) is 5.95. The van der Waals surface area contributed by atoms with Gasteiger partial charge in [-0.3, -0.25) is 0 Å². The van der Waals surface area contributed by atoms with Crippen LogP contribution in [-0.2, 0) is 6.54 Å². The Morgan fingerprint density at radius 1 is 1.40 bits per heavy atom. The first kappa shape index (κ1) is 15.5. The smallest absolute Gasteiger partial charge is 0.0802 e. The van der Waals surface area contributed by atoms with Crippen LogP contribution in [0, 0.1) is 0 Å². The molecule has 0 saturated carbocycles. The minimum Gasteiger partial charge on any atom is -0.305 e. The van der Waals surface area contributed by atoms with Crippen molar-refractivity contribution < 1.29 is 0 Å². The molecule has 0 saturated heterocycles. The molecule has 0 aliphatic rings. The quantitative estimate of drug-likeness (QED) is 0.855. The van der Waals surface area contributed by atoms with Gasteiger partial charge in [0.25, 0.3) is 0 Å². The van der Waals surface area contributed by atoms with Gasteiger partial charge in [0.2, 0.25) is 0 Å². The molecule has 1 unspecified atom stereocenters. The Hall–Kier alpha value is -0.910. The maximum atomic E-state index is 6.07. The Morgan fingerprint density at radius 3 is 2.85 bits per heavy atom. The average molecular weight is 358 g/mol. The van der Waals surface area contributed by atoms with E-state index in [9.17, 15) is 0 Å². The summed E-state index contributed by atoms with van der Waals surface area (Å²) < 4.78 is 2.85. The zero-order valence-corrected chi connectivity index (χ0v) is 13.9. The summed E-state index contributed by atoms with van der Waals surface area (Å²) in [6.07, 6.45) is 2.85. The maximum absolute atomic E-state index is 6.07. The van der Waals surface area contributed by atoms with Crippen LogP contribution in [0.15, 0.2) is 28.9 Å². The van der Waals surface area contributed by atoms with Gasteiger partial charge in [0.15, 0.2) is 0 Å². The molecule has 0 fully saturated rings. The summed E-state index contributed by atoms with van der Waals surface area (Å²) in [5.41, 5.74) is 2.21. The van der Waals surface area contributed by atoms with Gasteiger partial charge in [-0.2, -0.15) is 0 Å². The lowest BCUT2D eigenvalue weighted by molar-refractivity contribution is 0.511. The first-order chi connectivity index (χ1) is 9.67. The number of hydrogen-bond donors (Lipinski definition) is 1. The van der Waals surface area contributed by atoms with Crippen LogP contribution >= 0.6 is 27.5 Å². The first-order valence-corrected chi connectivity index (χ1v) is 7.91. The van der Waals surface area contributed by atoms with Crippen molar-refractivity contribution >= 4 is 27.5 Å². The van der Waals surface area contributed by atoms with Crippen molar-refractivity contribution in [1.29, 1.82) is 0 Å². The third kappa shape index (κ3) is 3.40. The van der Waals surface area contributed by atoms with Crippen LogP contribution in [-0.4, -0.2) is 21.5 Å². The molecule has 0 spiro atoms. The first-order valence-electron chi connectivity index (χ1n) is 6.74. The molecule has 4 nitrogen and oxygen atoms in total. The zero-order chi connectivity index (χ0) is 14.5. The second kappa shape index (κ2) is 7.20. The van der Waals surface area contributed by atoms with Gasteiger partial charge in [0.1, 0.15) is 0 Å². The molecule has 1 aromatic carbocycles. The normalized spacial score (nSPS) is 12.6. The number of rotatable bonds is 6. The summed E-state index contributed by atoms with van der Waals surface area (Å²) >= 11 is 9.55. The Labute approximate surface area is 132 Å². The highest BCUT2D eigenvalue weighted by atomic mass is 79.9. The van der Waals surface area contributed by atoms with Crippen LogP contribution < -0.4 is 5.32 Å². The van der Waals surface area contributed by atoms with Crippen LogP contribution in [0.1, 0.15) is 37.6 Å². The molecule has 20 heavy (non-hydrogen) atoms. The fourth-order valence-electron chi connectivity index (χ4n) is 2.16. The van der Waals surface area contributed by atoms with Gasteiger partial charge < -0.3 is 5.32 Å². The predicted octanol–water partition coefficient (Wildman–Crippen LogP) is 3.80. The minimum absolute atomic E-state index is 0.0649. The van der Waals surface area contributed by atoms with E-state index in [1.807, 2.05) is 29.1 Å². The monoisotopic (exact) mass is 356 g/mol. The molecule has 0 bridgehead atoms. The molecule has 2 rings (SSSR count). The van der Waals surface area contributed by atoms with Crippen molar-refractivity contribution in [3.8, 4) is 0 Å². The number of nitrogens with zero attached hydrogens (tertiary/aromatic N) is 3. The van der Waals surface area contributed by atoms with Gasteiger partial charge >= 0.3 is 0 Å². The third-order valence-electron chi connectivity index (χ3n) is 3.06. The SMILES string of the molecule is CCCn1nncc1C(NCC)c1ccc(Cl)c(Br)c1. The minimum atomic E-state index is 0.0649. The van der Waals surface area contributed by atoms with Crippen molar-refractivity contribution in [3.63, 3.8) is 0 Å². The highest BCUT2D eigenvalue weighted by Gasteiger charge is 2.18. The second-order valence-electron chi connectivity index (χ2n) is 4.55. The molecule has 108 valence electrons. The van der Waals surface area contributed by atoms with E-state index in [1.165, 1.54) is 0 Å². The van der Waals surface area contributed by atoms with E-state index in [-0.39, 0.29) is 6.04 Å². The Balaban J connectivity index is 2.39. The molecule has 6 heteroatoms. The van der Waals surface area contributed by atoms with E-state index in [0.29, 0.717) is 5.02 Å². The summed E-state index contributed by atoms with van der Waals surface area (Å²) in [5.74, 6) is 0. The Kier molecular flexibility index (Phi) is 5.57. The zero-order valence-electron chi connectivity index (χ0n) is 11.6. The van der Waals surface area contributed by atoms with Crippen molar-refractivity contribution in [2.45, 2.75) is 32.9 Å². The fourth-order valence-corrected chi connectivity index (χ4v) is 2.68. The lowest BCUT2D eigenvalue weighted by Gasteiger charge is -2.19. The molecular formula is C14H18BrClN4. The van der Waals surface area contributed by atoms with Crippen molar-refractivity contribution in [2.24, 2.45) is 0 Å². The van der Waals surface area contributed by atoms with E-state index in [2.05, 4.69) is 45.4 Å². The molecule has 0 aliphatic carbocycles. The van der Waals surface area contributed by atoms with Gasteiger partial charge in [0, 0.05) is 11.0 Å². The van der Waals surface area contributed by atoms with E-state index in [4.69, 9.17) is 11.6 Å². The molecule has 1 aromatic heterocycles. The lowest BCUT2D eigenvalue weighted by atomic mass is 10.0. The maximum Gasteiger partial charge on any atom is 0.0802 e. The number of aryl methyl sites for hydroxylation is 1. The Bertz CT molecular complexity index is 570. The number of aromatic nitrogens is 3. The van der Waals surface area contributed by atoms with Gasteiger partial charge in [-0.15, -0.1) is 5.10 Å². The predicted molar refractivity (Wildman–Crippen MR) is 85.0 cm³/mol. The number of hydrogen-bond acceptors (Lipinski definition) is 3. The molecule has 2 aromatic rings. The Morgan fingerprint density at radius 2 is 2.20 bits per heavy atom. The van der Waals surface area contributed by atoms with E-state index in [0.717, 1.165) is 35.2 Å².